The number of aryl methyl sites for hydroxylation is 1. The lowest BCUT2D eigenvalue weighted by Crippen LogP contribution is -2.40. The maximum absolute atomic E-state index is 12.5. The third kappa shape index (κ3) is 6.92. The number of halogens is 2. The summed E-state index contributed by atoms with van der Waals surface area (Å²) in [5.74, 6) is 2.03. The first kappa shape index (κ1) is 22.5. The van der Waals surface area contributed by atoms with E-state index in [1.54, 1.807) is 17.8 Å². The van der Waals surface area contributed by atoms with E-state index in [1.165, 1.54) is 11.1 Å². The molecule has 3 nitrogen and oxygen atoms in total. The van der Waals surface area contributed by atoms with E-state index >= 15 is 0 Å². The van der Waals surface area contributed by atoms with E-state index in [9.17, 15) is 4.79 Å². The van der Waals surface area contributed by atoms with Gasteiger partial charge in [0.25, 0.3) is 0 Å². The van der Waals surface area contributed by atoms with Crippen molar-refractivity contribution in [2.24, 2.45) is 5.92 Å². The van der Waals surface area contributed by atoms with E-state index < -0.39 is 0 Å². The fourth-order valence-corrected chi connectivity index (χ4v) is 5.01. The second kappa shape index (κ2) is 11.3. The normalized spacial score (nSPS) is 15.4. The Bertz CT molecular complexity index is 822. The molecule has 0 spiro atoms. The maximum atomic E-state index is 12.5. The first-order valence-corrected chi connectivity index (χ1v) is 12.0. The SMILES string of the molecule is Cc1ccccc1CN1CCC(C(=O)NCCSCc2ccc(Cl)cc2Cl)CC1. The van der Waals surface area contributed by atoms with Crippen LogP contribution in [0.5, 0.6) is 0 Å². The summed E-state index contributed by atoms with van der Waals surface area (Å²) in [6, 6.07) is 14.1. The quantitative estimate of drug-likeness (QED) is 0.533. The summed E-state index contributed by atoms with van der Waals surface area (Å²) in [6.45, 7) is 5.80. The lowest BCUT2D eigenvalue weighted by Gasteiger charge is -2.31. The van der Waals surface area contributed by atoms with Crippen LogP contribution in [0, 0.1) is 12.8 Å². The zero-order valence-corrected chi connectivity index (χ0v) is 19.1. The van der Waals surface area contributed by atoms with Gasteiger partial charge in [-0.25, -0.2) is 0 Å². The van der Waals surface area contributed by atoms with E-state index in [0.717, 1.165) is 49.5 Å². The van der Waals surface area contributed by atoms with Crippen molar-refractivity contribution in [2.45, 2.75) is 32.1 Å². The number of carbonyl (C=O) groups excluding carboxylic acids is 1. The average molecular weight is 451 g/mol. The minimum absolute atomic E-state index is 0.138. The number of piperidine rings is 1. The summed E-state index contributed by atoms with van der Waals surface area (Å²) >= 11 is 13.9. The Hall–Kier alpha value is -1.20. The Balaban J connectivity index is 1.32. The fraction of sp³-hybridized carbons (Fsp3) is 0.435. The summed E-state index contributed by atoms with van der Waals surface area (Å²) in [4.78, 5) is 14.9. The Morgan fingerprint density at radius 3 is 2.62 bits per heavy atom. The highest BCUT2D eigenvalue weighted by Gasteiger charge is 2.24. The molecule has 0 aromatic heterocycles. The molecular formula is C23H28Cl2N2OS. The van der Waals surface area contributed by atoms with Crippen LogP contribution in [0.1, 0.15) is 29.5 Å². The number of hydrogen-bond donors (Lipinski definition) is 1. The van der Waals surface area contributed by atoms with E-state index in [4.69, 9.17) is 23.2 Å². The van der Waals surface area contributed by atoms with Crippen molar-refractivity contribution in [2.75, 3.05) is 25.4 Å². The van der Waals surface area contributed by atoms with Crippen LogP contribution in [-0.2, 0) is 17.1 Å². The van der Waals surface area contributed by atoms with Gasteiger partial charge in [-0.2, -0.15) is 11.8 Å². The average Bonchev–Trinajstić information content (AvgIpc) is 2.71. The number of amides is 1. The molecule has 0 radical (unpaired) electrons. The van der Waals surface area contributed by atoms with Crippen LogP contribution in [0.3, 0.4) is 0 Å². The summed E-state index contributed by atoms with van der Waals surface area (Å²) in [6.07, 6.45) is 1.87. The van der Waals surface area contributed by atoms with E-state index in [2.05, 4.69) is 41.4 Å². The number of nitrogens with one attached hydrogen (secondary N) is 1. The van der Waals surface area contributed by atoms with Gasteiger partial charge in [0.15, 0.2) is 0 Å². The molecule has 0 unspecified atom stereocenters. The first-order valence-electron chi connectivity index (χ1n) is 10.1. The predicted octanol–water partition coefficient (Wildman–Crippen LogP) is 5.56. The Morgan fingerprint density at radius 2 is 1.90 bits per heavy atom. The molecule has 1 aliphatic rings. The van der Waals surface area contributed by atoms with Gasteiger partial charge in [-0.05, 0) is 61.7 Å². The zero-order chi connectivity index (χ0) is 20.6. The Kier molecular flexibility index (Phi) is 8.73. The molecule has 1 saturated heterocycles. The second-order valence-electron chi connectivity index (χ2n) is 7.56. The third-order valence-electron chi connectivity index (χ3n) is 5.43. The van der Waals surface area contributed by atoms with Gasteiger partial charge < -0.3 is 5.32 Å². The monoisotopic (exact) mass is 450 g/mol. The number of benzene rings is 2. The fourth-order valence-electron chi connectivity index (χ4n) is 3.59. The molecule has 0 bridgehead atoms. The highest BCUT2D eigenvalue weighted by atomic mass is 35.5. The van der Waals surface area contributed by atoms with Crippen molar-refractivity contribution in [3.05, 3.63) is 69.2 Å². The summed E-state index contributed by atoms with van der Waals surface area (Å²) < 4.78 is 0. The van der Waals surface area contributed by atoms with Gasteiger partial charge in [-0.3, -0.25) is 9.69 Å². The molecule has 3 rings (SSSR count). The van der Waals surface area contributed by atoms with E-state index in [-0.39, 0.29) is 11.8 Å². The second-order valence-corrected chi connectivity index (χ2v) is 9.51. The van der Waals surface area contributed by atoms with Crippen LogP contribution < -0.4 is 5.32 Å². The minimum atomic E-state index is 0.138. The maximum Gasteiger partial charge on any atom is 0.223 e. The molecule has 2 aromatic rings. The van der Waals surface area contributed by atoms with E-state index in [0.29, 0.717) is 16.6 Å². The lowest BCUT2D eigenvalue weighted by molar-refractivity contribution is -0.126. The summed E-state index contributed by atoms with van der Waals surface area (Å²) in [5, 5.41) is 4.46. The van der Waals surface area contributed by atoms with Crippen LogP contribution in [0.25, 0.3) is 0 Å². The summed E-state index contributed by atoms with van der Waals surface area (Å²) in [5.41, 5.74) is 3.80. The van der Waals surface area contributed by atoms with Gasteiger partial charge in [0, 0.05) is 40.6 Å². The van der Waals surface area contributed by atoms with Gasteiger partial charge in [0.05, 0.1) is 0 Å². The van der Waals surface area contributed by atoms with Crippen LogP contribution in [0.2, 0.25) is 10.0 Å². The molecular weight excluding hydrogens is 423 g/mol. The van der Waals surface area contributed by atoms with Crippen molar-refractivity contribution >= 4 is 40.9 Å². The predicted molar refractivity (Wildman–Crippen MR) is 125 cm³/mol. The molecule has 1 aliphatic heterocycles. The van der Waals surface area contributed by atoms with Crippen molar-refractivity contribution in [1.82, 2.24) is 10.2 Å². The van der Waals surface area contributed by atoms with Gasteiger partial charge in [0.2, 0.25) is 5.91 Å². The molecule has 156 valence electrons. The van der Waals surface area contributed by atoms with Crippen LogP contribution in [0.15, 0.2) is 42.5 Å². The minimum Gasteiger partial charge on any atom is -0.355 e. The number of carbonyl (C=O) groups is 1. The zero-order valence-electron chi connectivity index (χ0n) is 16.8. The standard InChI is InChI=1S/C23H28Cl2N2OS/c1-17-4-2-3-5-19(17)15-27-11-8-18(9-12-27)23(28)26-10-13-29-16-20-6-7-21(24)14-22(20)25/h2-7,14,18H,8-13,15-16H2,1H3,(H,26,28). The third-order valence-corrected chi connectivity index (χ3v) is 7.03. The number of likely N-dealkylation sites (tertiary alicyclic amines) is 1. The largest absolute Gasteiger partial charge is 0.355 e. The van der Waals surface area contributed by atoms with Crippen LogP contribution in [0.4, 0.5) is 0 Å². The van der Waals surface area contributed by atoms with Crippen molar-refractivity contribution in [1.29, 1.82) is 0 Å². The number of nitrogens with zero attached hydrogens (tertiary/aromatic N) is 1. The Morgan fingerprint density at radius 1 is 1.14 bits per heavy atom. The van der Waals surface area contributed by atoms with Crippen molar-refractivity contribution in [3.63, 3.8) is 0 Å². The van der Waals surface area contributed by atoms with Crippen LogP contribution in [-0.4, -0.2) is 36.2 Å². The molecule has 1 N–H and O–H groups in total. The van der Waals surface area contributed by atoms with Crippen molar-refractivity contribution < 1.29 is 4.79 Å². The lowest BCUT2D eigenvalue weighted by atomic mass is 9.95. The van der Waals surface area contributed by atoms with Gasteiger partial charge in [-0.1, -0.05) is 53.5 Å². The summed E-state index contributed by atoms with van der Waals surface area (Å²) in [7, 11) is 0. The van der Waals surface area contributed by atoms with E-state index in [1.807, 2.05) is 12.1 Å². The topological polar surface area (TPSA) is 32.3 Å². The van der Waals surface area contributed by atoms with Gasteiger partial charge >= 0.3 is 0 Å². The molecule has 1 fully saturated rings. The molecule has 29 heavy (non-hydrogen) atoms. The Labute approximate surface area is 188 Å². The molecule has 0 atom stereocenters. The smallest absolute Gasteiger partial charge is 0.223 e. The number of hydrogen-bond acceptors (Lipinski definition) is 3. The highest BCUT2D eigenvalue weighted by Crippen LogP contribution is 2.24. The number of rotatable bonds is 8. The van der Waals surface area contributed by atoms with Gasteiger partial charge in [-0.15, -0.1) is 0 Å². The van der Waals surface area contributed by atoms with Crippen LogP contribution >= 0.6 is 35.0 Å². The molecule has 2 aromatic carbocycles. The highest BCUT2D eigenvalue weighted by molar-refractivity contribution is 7.98. The molecule has 1 amide bonds. The number of thioether (sulfide) groups is 1. The van der Waals surface area contributed by atoms with Gasteiger partial charge in [0.1, 0.15) is 0 Å². The van der Waals surface area contributed by atoms with Crippen molar-refractivity contribution in [3.8, 4) is 0 Å². The molecule has 0 aliphatic carbocycles. The molecule has 0 saturated carbocycles. The molecule has 1 heterocycles. The first-order chi connectivity index (χ1) is 14.0. The molecule has 6 heteroatoms.